The predicted octanol–water partition coefficient (Wildman–Crippen LogP) is 3.51. The van der Waals surface area contributed by atoms with Gasteiger partial charge in [0.1, 0.15) is 0 Å². The monoisotopic (exact) mass is 268 g/mol. The van der Waals surface area contributed by atoms with Gasteiger partial charge in [0.15, 0.2) is 0 Å². The van der Waals surface area contributed by atoms with Gasteiger partial charge in [-0.3, -0.25) is 0 Å². The van der Waals surface area contributed by atoms with Crippen LogP contribution in [0.2, 0.25) is 0 Å². The van der Waals surface area contributed by atoms with Crippen molar-refractivity contribution >= 4 is 11.4 Å². The van der Waals surface area contributed by atoms with E-state index in [-0.39, 0.29) is 0 Å². The molecule has 0 saturated heterocycles. The summed E-state index contributed by atoms with van der Waals surface area (Å²) in [4.78, 5) is 0. The van der Waals surface area contributed by atoms with Gasteiger partial charge in [-0.05, 0) is 53.8 Å². The second-order valence-corrected chi connectivity index (χ2v) is 5.33. The lowest BCUT2D eigenvalue weighted by molar-refractivity contribution is 0.185. The topological polar surface area (TPSA) is 47.3 Å². The van der Waals surface area contributed by atoms with Crippen molar-refractivity contribution in [1.29, 1.82) is 0 Å². The third kappa shape index (κ3) is 2.63. The number of ether oxygens (including phenoxy) is 1. The quantitative estimate of drug-likeness (QED) is 0.834. The number of anilines is 2. The second kappa shape index (κ2) is 5.55. The molecule has 20 heavy (non-hydrogen) atoms. The fourth-order valence-corrected chi connectivity index (χ4v) is 2.91. The van der Waals surface area contributed by atoms with Gasteiger partial charge in [-0.2, -0.15) is 0 Å². The van der Waals surface area contributed by atoms with E-state index >= 15 is 0 Å². The fraction of sp³-hybridized carbons (Fsp3) is 0.294. The van der Waals surface area contributed by atoms with Gasteiger partial charge in [0.05, 0.1) is 12.6 Å². The van der Waals surface area contributed by atoms with Crippen LogP contribution in [0.15, 0.2) is 42.5 Å². The van der Waals surface area contributed by atoms with Gasteiger partial charge in [-0.1, -0.05) is 18.2 Å². The van der Waals surface area contributed by atoms with Crippen molar-refractivity contribution in [2.24, 2.45) is 0 Å². The lowest BCUT2D eigenvalue weighted by Gasteiger charge is -2.16. The van der Waals surface area contributed by atoms with E-state index in [4.69, 9.17) is 10.5 Å². The van der Waals surface area contributed by atoms with Crippen molar-refractivity contribution in [1.82, 2.24) is 0 Å². The van der Waals surface area contributed by atoms with Crippen LogP contribution in [0.5, 0.6) is 0 Å². The smallest absolute Gasteiger partial charge is 0.0713 e. The summed E-state index contributed by atoms with van der Waals surface area (Å²) in [6.07, 6.45) is 2.21. The number of methoxy groups -OCH3 is 1. The molecule has 1 unspecified atom stereocenters. The Morgan fingerprint density at radius 1 is 1.25 bits per heavy atom. The molecule has 1 aliphatic rings. The van der Waals surface area contributed by atoms with Gasteiger partial charge in [0, 0.05) is 18.5 Å². The summed E-state index contributed by atoms with van der Waals surface area (Å²) in [7, 11) is 1.72. The predicted molar refractivity (Wildman–Crippen MR) is 82.7 cm³/mol. The van der Waals surface area contributed by atoms with Crippen molar-refractivity contribution in [3.05, 3.63) is 59.2 Å². The number of benzene rings is 2. The van der Waals surface area contributed by atoms with E-state index in [2.05, 4.69) is 41.7 Å². The Kier molecular flexibility index (Phi) is 3.61. The molecular weight excluding hydrogens is 248 g/mol. The van der Waals surface area contributed by atoms with Crippen LogP contribution in [0.1, 0.15) is 29.2 Å². The maximum Gasteiger partial charge on any atom is 0.0713 e. The van der Waals surface area contributed by atoms with Crippen LogP contribution in [0.25, 0.3) is 0 Å². The van der Waals surface area contributed by atoms with Crippen molar-refractivity contribution < 1.29 is 4.74 Å². The maximum absolute atomic E-state index is 5.85. The Balaban J connectivity index is 1.78. The Morgan fingerprint density at radius 2 is 2.15 bits per heavy atom. The highest BCUT2D eigenvalue weighted by Crippen LogP contribution is 2.34. The number of nitrogens with two attached hydrogens (primary N) is 1. The van der Waals surface area contributed by atoms with Crippen molar-refractivity contribution in [2.45, 2.75) is 25.5 Å². The molecular formula is C17H20N2O. The van der Waals surface area contributed by atoms with Crippen LogP contribution in [0.3, 0.4) is 0 Å². The summed E-state index contributed by atoms with van der Waals surface area (Å²) in [6, 6.07) is 15.0. The molecule has 0 fully saturated rings. The summed E-state index contributed by atoms with van der Waals surface area (Å²) in [5.74, 6) is 0. The standard InChI is InChI=1S/C17H20N2O/c1-20-11-12-3-2-4-15(9-12)19-17-8-5-13-10-14(18)6-7-16(13)17/h2-4,6-7,9-10,17,19H,5,8,11,18H2,1H3. The lowest BCUT2D eigenvalue weighted by atomic mass is 10.1. The van der Waals surface area contributed by atoms with Gasteiger partial charge >= 0.3 is 0 Å². The Bertz CT molecular complexity index is 610. The minimum absolute atomic E-state index is 0.378. The first-order valence-corrected chi connectivity index (χ1v) is 6.99. The normalized spacial score (nSPS) is 16.9. The number of nitrogen functional groups attached to an aromatic ring is 1. The molecule has 0 bridgehead atoms. The lowest BCUT2D eigenvalue weighted by Crippen LogP contribution is -2.07. The van der Waals surface area contributed by atoms with E-state index in [0.717, 1.165) is 24.2 Å². The zero-order chi connectivity index (χ0) is 13.9. The average molecular weight is 268 g/mol. The fourth-order valence-electron chi connectivity index (χ4n) is 2.91. The zero-order valence-electron chi connectivity index (χ0n) is 11.7. The second-order valence-electron chi connectivity index (χ2n) is 5.33. The van der Waals surface area contributed by atoms with E-state index < -0.39 is 0 Å². The highest BCUT2D eigenvalue weighted by molar-refractivity contribution is 5.53. The van der Waals surface area contributed by atoms with Crippen molar-refractivity contribution in [3.63, 3.8) is 0 Å². The van der Waals surface area contributed by atoms with Crippen molar-refractivity contribution in [2.75, 3.05) is 18.2 Å². The van der Waals surface area contributed by atoms with Crippen LogP contribution >= 0.6 is 0 Å². The molecule has 1 atom stereocenters. The average Bonchev–Trinajstić information content (AvgIpc) is 2.82. The molecule has 2 aromatic rings. The number of nitrogens with one attached hydrogen (secondary N) is 1. The van der Waals surface area contributed by atoms with Gasteiger partial charge in [-0.15, -0.1) is 0 Å². The highest BCUT2D eigenvalue weighted by Gasteiger charge is 2.22. The molecule has 2 aromatic carbocycles. The first-order chi connectivity index (χ1) is 9.76. The highest BCUT2D eigenvalue weighted by atomic mass is 16.5. The van der Waals surface area contributed by atoms with E-state index in [1.54, 1.807) is 7.11 Å². The molecule has 3 rings (SSSR count). The molecule has 0 aromatic heterocycles. The molecule has 0 amide bonds. The van der Waals surface area contributed by atoms with Crippen LogP contribution in [-0.4, -0.2) is 7.11 Å². The van der Waals surface area contributed by atoms with Crippen molar-refractivity contribution in [3.8, 4) is 0 Å². The number of fused-ring (bicyclic) bond motifs is 1. The molecule has 3 heteroatoms. The molecule has 3 N–H and O–H groups in total. The molecule has 104 valence electrons. The van der Waals surface area contributed by atoms with Gasteiger partial charge in [0.25, 0.3) is 0 Å². The first kappa shape index (κ1) is 13.0. The van der Waals surface area contributed by atoms with E-state index in [1.165, 1.54) is 16.7 Å². The van der Waals surface area contributed by atoms with E-state index in [1.807, 2.05) is 6.07 Å². The summed E-state index contributed by atoms with van der Waals surface area (Å²) < 4.78 is 5.18. The third-order valence-corrected chi connectivity index (χ3v) is 3.82. The third-order valence-electron chi connectivity index (χ3n) is 3.82. The van der Waals surface area contributed by atoms with Crippen LogP contribution in [0, 0.1) is 0 Å². The van der Waals surface area contributed by atoms with Gasteiger partial charge in [0.2, 0.25) is 0 Å². The van der Waals surface area contributed by atoms with E-state index in [9.17, 15) is 0 Å². The summed E-state index contributed by atoms with van der Waals surface area (Å²) in [6.45, 7) is 0.646. The number of hydrogen-bond acceptors (Lipinski definition) is 3. The Labute approximate surface area is 119 Å². The molecule has 0 heterocycles. The van der Waals surface area contributed by atoms with Crippen LogP contribution in [-0.2, 0) is 17.8 Å². The molecule has 3 nitrogen and oxygen atoms in total. The molecule has 0 saturated carbocycles. The Morgan fingerprint density at radius 3 is 3.00 bits per heavy atom. The summed E-state index contributed by atoms with van der Waals surface area (Å²) in [5, 5.41) is 3.62. The molecule has 0 radical (unpaired) electrons. The van der Waals surface area contributed by atoms with Crippen LogP contribution < -0.4 is 11.1 Å². The SMILES string of the molecule is COCc1cccc(NC2CCc3cc(N)ccc32)c1. The summed E-state index contributed by atoms with van der Waals surface area (Å²) >= 11 is 0. The molecule has 1 aliphatic carbocycles. The minimum atomic E-state index is 0.378. The van der Waals surface area contributed by atoms with Gasteiger partial charge in [-0.25, -0.2) is 0 Å². The first-order valence-electron chi connectivity index (χ1n) is 6.99. The Hall–Kier alpha value is -2.00. The molecule has 0 aliphatic heterocycles. The minimum Gasteiger partial charge on any atom is -0.399 e. The number of rotatable bonds is 4. The van der Waals surface area contributed by atoms with Gasteiger partial charge < -0.3 is 15.8 Å². The maximum atomic E-state index is 5.85. The number of hydrogen-bond donors (Lipinski definition) is 2. The van der Waals surface area contributed by atoms with Crippen LogP contribution in [0.4, 0.5) is 11.4 Å². The zero-order valence-corrected chi connectivity index (χ0v) is 11.7. The van der Waals surface area contributed by atoms with E-state index in [0.29, 0.717) is 12.6 Å². The number of aryl methyl sites for hydroxylation is 1. The largest absolute Gasteiger partial charge is 0.399 e. The summed E-state index contributed by atoms with van der Waals surface area (Å²) in [5.41, 5.74) is 11.8. The molecule has 0 spiro atoms.